The smallest absolute Gasteiger partial charge is 0.224 e. The van der Waals surface area contributed by atoms with Crippen LogP contribution >= 0.6 is 0 Å². The Morgan fingerprint density at radius 2 is 1.69 bits per heavy atom. The van der Waals surface area contributed by atoms with Crippen molar-refractivity contribution in [1.29, 1.82) is 0 Å². The summed E-state index contributed by atoms with van der Waals surface area (Å²) in [5.41, 5.74) is 0.911. The molecule has 2 N–H and O–H groups in total. The molecule has 26 heavy (non-hydrogen) atoms. The van der Waals surface area contributed by atoms with Gasteiger partial charge >= 0.3 is 0 Å². The topological polar surface area (TPSA) is 90.9 Å². The molecule has 0 bridgehead atoms. The zero-order valence-corrected chi connectivity index (χ0v) is 16.9. The van der Waals surface area contributed by atoms with E-state index >= 15 is 0 Å². The molecular weight excluding hydrogens is 352 g/mol. The number of amides is 1. The van der Waals surface area contributed by atoms with E-state index in [1.807, 2.05) is 20.8 Å². The van der Waals surface area contributed by atoms with Gasteiger partial charge in [0.25, 0.3) is 0 Å². The highest BCUT2D eigenvalue weighted by Gasteiger charge is 2.09. The molecule has 146 valence electrons. The fraction of sp³-hybridized carbons (Fsp3) is 0.556. The van der Waals surface area contributed by atoms with Crippen LogP contribution in [0, 0.1) is 0 Å². The number of guanidine groups is 1. The van der Waals surface area contributed by atoms with Crippen LogP contribution in [0.3, 0.4) is 0 Å². The third-order valence-corrected chi connectivity index (χ3v) is 4.99. The molecule has 0 aliphatic rings. The number of aliphatic imine (C=N–C) groups is 1. The molecule has 1 aromatic rings. The Bertz CT molecular complexity index is 696. The second-order valence-corrected chi connectivity index (χ2v) is 7.87. The van der Waals surface area contributed by atoms with Gasteiger partial charge in [-0.2, -0.15) is 0 Å². The van der Waals surface area contributed by atoms with Crippen molar-refractivity contribution in [3.8, 4) is 0 Å². The molecule has 0 heterocycles. The maximum Gasteiger partial charge on any atom is 0.224 e. The molecule has 1 amide bonds. The lowest BCUT2D eigenvalue weighted by Crippen LogP contribution is -2.40. The van der Waals surface area contributed by atoms with E-state index in [1.165, 1.54) is 6.26 Å². The van der Waals surface area contributed by atoms with Crippen molar-refractivity contribution >= 4 is 21.7 Å². The summed E-state index contributed by atoms with van der Waals surface area (Å²) in [6.07, 6.45) is 1.60. The average Bonchev–Trinajstić information content (AvgIpc) is 2.60. The first-order chi connectivity index (χ1) is 12.3. The quantitative estimate of drug-likeness (QED) is 0.498. The van der Waals surface area contributed by atoms with Gasteiger partial charge < -0.3 is 15.5 Å². The maximum absolute atomic E-state index is 12.0. The van der Waals surface area contributed by atoms with Gasteiger partial charge in [0.05, 0.1) is 11.4 Å². The largest absolute Gasteiger partial charge is 0.357 e. The van der Waals surface area contributed by atoms with Gasteiger partial charge in [-0.15, -0.1) is 0 Å². The van der Waals surface area contributed by atoms with Crippen LogP contribution in [-0.2, 0) is 21.2 Å². The summed E-state index contributed by atoms with van der Waals surface area (Å²) in [5.74, 6) is 0.752. The highest BCUT2D eigenvalue weighted by Crippen LogP contribution is 2.10. The van der Waals surface area contributed by atoms with Crippen molar-refractivity contribution in [1.82, 2.24) is 15.5 Å². The van der Waals surface area contributed by atoms with E-state index in [0.29, 0.717) is 50.0 Å². The normalized spacial score (nSPS) is 11.9. The van der Waals surface area contributed by atoms with E-state index in [4.69, 9.17) is 0 Å². The Kier molecular flexibility index (Phi) is 9.12. The summed E-state index contributed by atoms with van der Waals surface area (Å²) < 4.78 is 23.0. The van der Waals surface area contributed by atoms with Crippen LogP contribution < -0.4 is 10.6 Å². The Morgan fingerprint density at radius 3 is 2.19 bits per heavy atom. The van der Waals surface area contributed by atoms with Crippen LogP contribution in [0.2, 0.25) is 0 Å². The second kappa shape index (κ2) is 10.8. The second-order valence-electron chi connectivity index (χ2n) is 5.85. The lowest BCUT2D eigenvalue weighted by atomic mass is 10.2. The van der Waals surface area contributed by atoms with Crippen molar-refractivity contribution in [2.75, 3.05) is 32.4 Å². The molecule has 0 aromatic heterocycles. The fourth-order valence-electron chi connectivity index (χ4n) is 2.38. The number of rotatable bonds is 9. The van der Waals surface area contributed by atoms with E-state index in [2.05, 4.69) is 15.6 Å². The molecule has 1 rings (SSSR count). The first kappa shape index (κ1) is 22.0. The van der Waals surface area contributed by atoms with Gasteiger partial charge in [-0.05, 0) is 38.5 Å². The predicted molar refractivity (Wildman–Crippen MR) is 105 cm³/mol. The highest BCUT2D eigenvalue weighted by molar-refractivity contribution is 7.90. The third kappa shape index (κ3) is 7.43. The van der Waals surface area contributed by atoms with E-state index in [-0.39, 0.29) is 5.91 Å². The first-order valence-corrected chi connectivity index (χ1v) is 10.8. The molecule has 0 aliphatic carbocycles. The minimum Gasteiger partial charge on any atom is -0.357 e. The molecule has 0 fully saturated rings. The van der Waals surface area contributed by atoms with Crippen molar-refractivity contribution in [3.63, 3.8) is 0 Å². The maximum atomic E-state index is 12.0. The van der Waals surface area contributed by atoms with E-state index < -0.39 is 9.84 Å². The van der Waals surface area contributed by atoms with Crippen molar-refractivity contribution < 1.29 is 13.2 Å². The molecule has 0 saturated carbocycles. The molecule has 0 saturated heterocycles. The molecule has 0 unspecified atom stereocenters. The van der Waals surface area contributed by atoms with Gasteiger partial charge in [0.1, 0.15) is 0 Å². The number of hydrogen-bond acceptors (Lipinski definition) is 4. The lowest BCUT2D eigenvalue weighted by molar-refractivity contribution is -0.130. The summed E-state index contributed by atoms with van der Waals surface area (Å²) in [6.45, 7) is 8.98. The standard InChI is InChI=1S/C18H30N4O3S/c1-5-19-18(20-13-12-17(23)22(6-2)7-3)21-14-15-8-10-16(11-9-15)26(4,24)25/h8-11H,5-7,12-14H2,1-4H3,(H2,19,20,21). The van der Waals surface area contributed by atoms with Crippen LogP contribution in [0.5, 0.6) is 0 Å². The third-order valence-electron chi connectivity index (χ3n) is 3.86. The van der Waals surface area contributed by atoms with Gasteiger partial charge in [-0.3, -0.25) is 4.79 Å². The minimum absolute atomic E-state index is 0.120. The Hall–Kier alpha value is -2.09. The Balaban J connectivity index is 2.62. The zero-order valence-electron chi connectivity index (χ0n) is 16.1. The monoisotopic (exact) mass is 382 g/mol. The summed E-state index contributed by atoms with van der Waals surface area (Å²) in [7, 11) is -3.19. The number of carbonyl (C=O) groups excluding carboxylic acids is 1. The SMILES string of the molecule is CCNC(=NCc1ccc(S(C)(=O)=O)cc1)NCCC(=O)N(CC)CC. The minimum atomic E-state index is -3.19. The summed E-state index contributed by atoms with van der Waals surface area (Å²) in [5, 5.41) is 6.29. The molecule has 1 aromatic carbocycles. The van der Waals surface area contributed by atoms with Crippen molar-refractivity contribution in [3.05, 3.63) is 29.8 Å². The Morgan fingerprint density at radius 1 is 1.08 bits per heavy atom. The average molecular weight is 383 g/mol. The molecular formula is C18H30N4O3S. The zero-order chi connectivity index (χ0) is 19.6. The van der Waals surface area contributed by atoms with Gasteiger partial charge in [0.2, 0.25) is 5.91 Å². The number of nitrogens with one attached hydrogen (secondary N) is 2. The summed E-state index contributed by atoms with van der Waals surface area (Å²) >= 11 is 0. The van der Waals surface area contributed by atoms with Crippen LogP contribution in [0.15, 0.2) is 34.2 Å². The fourth-order valence-corrected chi connectivity index (χ4v) is 3.01. The van der Waals surface area contributed by atoms with Crippen molar-refractivity contribution in [2.45, 2.75) is 38.6 Å². The van der Waals surface area contributed by atoms with Gasteiger partial charge in [-0.1, -0.05) is 12.1 Å². The lowest BCUT2D eigenvalue weighted by Gasteiger charge is -2.19. The number of hydrogen-bond donors (Lipinski definition) is 2. The number of benzene rings is 1. The van der Waals surface area contributed by atoms with E-state index in [1.54, 1.807) is 29.2 Å². The molecule has 7 nitrogen and oxygen atoms in total. The van der Waals surface area contributed by atoms with Gasteiger partial charge in [0, 0.05) is 38.9 Å². The van der Waals surface area contributed by atoms with Crippen molar-refractivity contribution in [2.24, 2.45) is 4.99 Å². The summed E-state index contributed by atoms with van der Waals surface area (Å²) in [4.78, 5) is 18.6. The van der Waals surface area contributed by atoms with Crippen LogP contribution in [0.4, 0.5) is 0 Å². The van der Waals surface area contributed by atoms with Gasteiger partial charge in [0.15, 0.2) is 15.8 Å². The predicted octanol–water partition coefficient (Wildman–Crippen LogP) is 1.40. The van der Waals surface area contributed by atoms with Crippen LogP contribution in [0.25, 0.3) is 0 Å². The highest BCUT2D eigenvalue weighted by atomic mass is 32.2. The Labute approximate surface area is 156 Å². The van der Waals surface area contributed by atoms with Crippen LogP contribution in [0.1, 0.15) is 32.8 Å². The van der Waals surface area contributed by atoms with Crippen LogP contribution in [-0.4, -0.2) is 57.6 Å². The van der Waals surface area contributed by atoms with E-state index in [9.17, 15) is 13.2 Å². The molecule has 0 aliphatic heterocycles. The van der Waals surface area contributed by atoms with Gasteiger partial charge in [-0.25, -0.2) is 13.4 Å². The number of carbonyl (C=O) groups is 1. The summed E-state index contributed by atoms with van der Waals surface area (Å²) in [6, 6.07) is 6.69. The van der Waals surface area contributed by atoms with E-state index in [0.717, 1.165) is 5.56 Å². The first-order valence-electron chi connectivity index (χ1n) is 8.90. The molecule has 0 spiro atoms. The number of nitrogens with zero attached hydrogens (tertiary/aromatic N) is 2. The number of sulfone groups is 1. The molecule has 8 heteroatoms. The molecule has 0 atom stereocenters. The molecule has 0 radical (unpaired) electrons.